The van der Waals surface area contributed by atoms with Gasteiger partial charge in [-0.25, -0.2) is 9.48 Å². The van der Waals surface area contributed by atoms with E-state index in [-0.39, 0.29) is 18.2 Å². The highest BCUT2D eigenvalue weighted by Crippen LogP contribution is 2.18. The second-order valence-corrected chi connectivity index (χ2v) is 7.47. The van der Waals surface area contributed by atoms with Crippen LogP contribution in [-0.4, -0.2) is 69.0 Å². The van der Waals surface area contributed by atoms with Crippen LogP contribution in [0.5, 0.6) is 0 Å². The molecule has 2 atom stereocenters. The Morgan fingerprint density at radius 2 is 2.11 bits per heavy atom. The fraction of sp³-hybridized carbons (Fsp3) is 0.500. The second kappa shape index (κ2) is 8.10. The van der Waals surface area contributed by atoms with Crippen molar-refractivity contribution in [3.63, 3.8) is 0 Å². The third-order valence-corrected chi connectivity index (χ3v) is 4.85. The van der Waals surface area contributed by atoms with Gasteiger partial charge < -0.3 is 15.3 Å². The number of urea groups is 1. The van der Waals surface area contributed by atoms with Crippen LogP contribution in [-0.2, 0) is 0 Å². The van der Waals surface area contributed by atoms with Gasteiger partial charge in [0.2, 0.25) is 0 Å². The van der Waals surface area contributed by atoms with Crippen molar-refractivity contribution in [2.75, 3.05) is 31.5 Å². The predicted octanol–water partition coefficient (Wildman–Crippen LogP) is 2.41. The fourth-order valence-electron chi connectivity index (χ4n) is 3.68. The Kier molecular flexibility index (Phi) is 5.82. The number of benzene rings is 1. The zero-order chi connectivity index (χ0) is 19.6. The molecule has 2 amide bonds. The Bertz CT molecular complexity index is 801. The molecule has 0 unspecified atom stereocenters. The molecule has 2 aromatic rings. The van der Waals surface area contributed by atoms with Crippen molar-refractivity contribution in [3.8, 4) is 5.69 Å². The number of β-amino-alcohol motifs (C(OH)–C–C–N with tert-alkyl or cyclic N) is 1. The average molecular weight is 371 g/mol. The minimum atomic E-state index is -0.352. The molecule has 1 aliphatic heterocycles. The number of aromatic nitrogens is 2. The monoisotopic (exact) mass is 371 g/mol. The Morgan fingerprint density at radius 1 is 1.33 bits per heavy atom. The Morgan fingerprint density at radius 3 is 2.74 bits per heavy atom. The summed E-state index contributed by atoms with van der Waals surface area (Å²) in [7, 11) is 0. The minimum Gasteiger partial charge on any atom is -0.392 e. The summed E-state index contributed by atoms with van der Waals surface area (Å²) in [5.41, 5.74) is 3.70. The first-order chi connectivity index (χ1) is 12.8. The molecule has 0 bridgehead atoms. The van der Waals surface area contributed by atoms with Crippen molar-refractivity contribution >= 4 is 11.7 Å². The van der Waals surface area contributed by atoms with Crippen LogP contribution in [0.15, 0.2) is 30.3 Å². The molecular formula is C20H29N5O2. The molecule has 0 radical (unpaired) electrons. The maximum Gasteiger partial charge on any atom is 0.322 e. The molecule has 1 fully saturated rings. The van der Waals surface area contributed by atoms with E-state index < -0.39 is 0 Å². The van der Waals surface area contributed by atoms with Gasteiger partial charge in [0, 0.05) is 43.6 Å². The largest absolute Gasteiger partial charge is 0.392 e. The molecule has 7 heteroatoms. The maximum absolute atomic E-state index is 12.8. The molecule has 146 valence electrons. The van der Waals surface area contributed by atoms with E-state index in [0.29, 0.717) is 13.1 Å². The molecule has 1 aromatic carbocycles. The first-order valence-corrected chi connectivity index (χ1v) is 9.45. The lowest BCUT2D eigenvalue weighted by molar-refractivity contribution is 0.0692. The highest BCUT2D eigenvalue weighted by molar-refractivity contribution is 5.90. The van der Waals surface area contributed by atoms with Crippen molar-refractivity contribution in [3.05, 3.63) is 41.7 Å². The van der Waals surface area contributed by atoms with Crippen LogP contribution in [0.2, 0.25) is 0 Å². The second-order valence-electron chi connectivity index (χ2n) is 7.47. The molecular weight excluding hydrogens is 342 g/mol. The van der Waals surface area contributed by atoms with Gasteiger partial charge in [0.05, 0.1) is 17.5 Å². The Labute approximate surface area is 160 Å². The number of carbonyl (C=O) groups excluding carboxylic acids is 1. The number of piperazine rings is 1. The summed E-state index contributed by atoms with van der Waals surface area (Å²) in [5.74, 6) is 0. The Hall–Kier alpha value is -2.38. The number of carbonyl (C=O) groups is 1. The molecule has 0 spiro atoms. The zero-order valence-electron chi connectivity index (χ0n) is 16.5. The fourth-order valence-corrected chi connectivity index (χ4v) is 3.68. The molecule has 1 aliphatic rings. The normalized spacial score (nSPS) is 19.1. The molecule has 1 saturated heterocycles. The summed E-state index contributed by atoms with van der Waals surface area (Å²) in [5, 5.41) is 17.1. The number of amides is 2. The lowest BCUT2D eigenvalue weighted by Gasteiger charge is -2.40. The van der Waals surface area contributed by atoms with Crippen LogP contribution in [0.4, 0.5) is 10.5 Å². The van der Waals surface area contributed by atoms with Gasteiger partial charge >= 0.3 is 6.03 Å². The van der Waals surface area contributed by atoms with Crippen molar-refractivity contribution in [1.82, 2.24) is 19.6 Å². The van der Waals surface area contributed by atoms with Crippen LogP contribution in [0, 0.1) is 13.8 Å². The van der Waals surface area contributed by atoms with Crippen molar-refractivity contribution < 1.29 is 9.90 Å². The number of hydrogen-bond donors (Lipinski definition) is 2. The minimum absolute atomic E-state index is 0.0929. The van der Waals surface area contributed by atoms with Crippen LogP contribution >= 0.6 is 0 Å². The van der Waals surface area contributed by atoms with Gasteiger partial charge in [-0.1, -0.05) is 6.07 Å². The number of aryl methyl sites for hydroxylation is 2. The maximum atomic E-state index is 12.8. The van der Waals surface area contributed by atoms with Gasteiger partial charge in [-0.2, -0.15) is 5.10 Å². The van der Waals surface area contributed by atoms with Crippen molar-refractivity contribution in [2.24, 2.45) is 0 Å². The van der Waals surface area contributed by atoms with E-state index >= 15 is 0 Å². The van der Waals surface area contributed by atoms with E-state index in [4.69, 9.17) is 0 Å². The van der Waals surface area contributed by atoms with Crippen LogP contribution < -0.4 is 5.32 Å². The molecule has 3 rings (SSSR count). The standard InChI is InChI=1S/C20H29N5O2/c1-14-10-15(2)25(22-14)19-7-5-6-18(11-19)21-20(27)24-9-8-23(12-16(24)3)13-17(4)26/h5-7,10-11,16-17,26H,8-9,12-13H2,1-4H3,(H,21,27)/t16-,17+/m1/s1. The zero-order valence-corrected chi connectivity index (χ0v) is 16.5. The lowest BCUT2D eigenvalue weighted by Crippen LogP contribution is -2.56. The van der Waals surface area contributed by atoms with Gasteiger partial charge in [-0.15, -0.1) is 0 Å². The van der Waals surface area contributed by atoms with E-state index in [0.717, 1.165) is 35.9 Å². The first kappa shape index (κ1) is 19.4. The number of hydrogen-bond acceptors (Lipinski definition) is 4. The number of aliphatic hydroxyl groups is 1. The van der Waals surface area contributed by atoms with Crippen molar-refractivity contribution in [2.45, 2.75) is 39.8 Å². The molecule has 2 heterocycles. The van der Waals surface area contributed by atoms with Crippen LogP contribution in [0.3, 0.4) is 0 Å². The van der Waals surface area contributed by atoms with Gasteiger partial charge in [-0.3, -0.25) is 4.90 Å². The summed E-state index contributed by atoms with van der Waals surface area (Å²) in [4.78, 5) is 16.8. The summed E-state index contributed by atoms with van der Waals surface area (Å²) in [6.07, 6.45) is -0.352. The van der Waals surface area contributed by atoms with E-state index in [9.17, 15) is 9.90 Å². The predicted molar refractivity (Wildman–Crippen MR) is 106 cm³/mol. The number of nitrogens with zero attached hydrogens (tertiary/aromatic N) is 4. The summed E-state index contributed by atoms with van der Waals surface area (Å²) < 4.78 is 1.88. The summed E-state index contributed by atoms with van der Waals surface area (Å²) in [6.45, 7) is 10.6. The first-order valence-electron chi connectivity index (χ1n) is 9.45. The summed E-state index contributed by atoms with van der Waals surface area (Å²) >= 11 is 0. The van der Waals surface area contributed by atoms with E-state index in [1.54, 1.807) is 6.92 Å². The molecule has 1 aromatic heterocycles. The number of rotatable bonds is 4. The van der Waals surface area contributed by atoms with E-state index in [2.05, 4.69) is 15.3 Å². The number of anilines is 1. The SMILES string of the molecule is Cc1cc(C)n(-c2cccc(NC(=O)N3CCN(C[C@H](C)O)C[C@H]3C)c2)n1. The lowest BCUT2D eigenvalue weighted by atomic mass is 10.2. The molecule has 0 saturated carbocycles. The summed E-state index contributed by atoms with van der Waals surface area (Å²) in [6, 6.07) is 9.76. The van der Waals surface area contributed by atoms with E-state index in [1.807, 2.05) is 60.7 Å². The average Bonchev–Trinajstić information content (AvgIpc) is 2.93. The molecule has 27 heavy (non-hydrogen) atoms. The van der Waals surface area contributed by atoms with Gasteiger partial charge in [0.1, 0.15) is 0 Å². The van der Waals surface area contributed by atoms with Gasteiger partial charge in [0.15, 0.2) is 0 Å². The van der Waals surface area contributed by atoms with Crippen LogP contribution in [0.1, 0.15) is 25.2 Å². The van der Waals surface area contributed by atoms with E-state index in [1.165, 1.54) is 0 Å². The quantitative estimate of drug-likeness (QED) is 0.866. The Balaban J connectivity index is 1.66. The highest BCUT2D eigenvalue weighted by Gasteiger charge is 2.27. The molecule has 2 N–H and O–H groups in total. The third-order valence-electron chi connectivity index (χ3n) is 4.85. The van der Waals surface area contributed by atoms with Crippen molar-refractivity contribution in [1.29, 1.82) is 0 Å². The highest BCUT2D eigenvalue weighted by atomic mass is 16.3. The van der Waals surface area contributed by atoms with Gasteiger partial charge in [0.25, 0.3) is 0 Å². The number of aliphatic hydroxyl groups excluding tert-OH is 1. The van der Waals surface area contributed by atoms with Gasteiger partial charge in [-0.05, 0) is 52.0 Å². The smallest absolute Gasteiger partial charge is 0.322 e. The third kappa shape index (κ3) is 4.67. The number of nitrogens with one attached hydrogen (secondary N) is 1. The molecule has 0 aliphatic carbocycles. The van der Waals surface area contributed by atoms with Crippen LogP contribution in [0.25, 0.3) is 5.69 Å². The topological polar surface area (TPSA) is 73.6 Å². The molecule has 7 nitrogen and oxygen atoms in total.